The Labute approximate surface area is 168 Å². The van der Waals surface area contributed by atoms with Crippen molar-refractivity contribution in [2.24, 2.45) is 24.8 Å². The number of nitrogens with zero attached hydrogens (tertiary/aromatic N) is 5. The molecule has 2 saturated carbocycles. The van der Waals surface area contributed by atoms with E-state index in [1.807, 2.05) is 19.4 Å². The Hall–Kier alpha value is -1.60. The minimum atomic E-state index is 0.441. The first kappa shape index (κ1) is 17.5. The van der Waals surface area contributed by atoms with Crippen LogP contribution in [0.3, 0.4) is 0 Å². The molecule has 7 heteroatoms. The molecule has 0 saturated heterocycles. The summed E-state index contributed by atoms with van der Waals surface area (Å²) in [5.74, 6) is 5.51. The highest BCUT2D eigenvalue weighted by atomic mass is 32.2. The van der Waals surface area contributed by atoms with Gasteiger partial charge in [0.05, 0.1) is 10.6 Å². The summed E-state index contributed by atoms with van der Waals surface area (Å²) >= 11 is 3.50. The molecule has 27 heavy (non-hydrogen) atoms. The minimum Gasteiger partial charge on any atom is -0.337 e. The van der Waals surface area contributed by atoms with Gasteiger partial charge in [-0.15, -0.1) is 21.5 Å². The lowest BCUT2D eigenvalue weighted by Gasteiger charge is -2.30. The van der Waals surface area contributed by atoms with Crippen molar-refractivity contribution in [2.45, 2.75) is 49.6 Å². The predicted octanol–water partition coefficient (Wildman–Crippen LogP) is 5.03. The van der Waals surface area contributed by atoms with Crippen LogP contribution in [0.1, 0.15) is 44.5 Å². The highest BCUT2D eigenvalue weighted by molar-refractivity contribution is 7.98. The fraction of sp³-hybridized carbons (Fsp3) is 0.550. The molecule has 4 atom stereocenters. The van der Waals surface area contributed by atoms with Gasteiger partial charge in [-0.2, -0.15) is 0 Å². The molecular formula is C20H25N5S2. The van der Waals surface area contributed by atoms with Crippen LogP contribution in [0.2, 0.25) is 0 Å². The second-order valence-electron chi connectivity index (χ2n) is 7.98. The maximum atomic E-state index is 4.61. The predicted molar refractivity (Wildman–Crippen MR) is 110 cm³/mol. The van der Waals surface area contributed by atoms with Gasteiger partial charge in [0.25, 0.3) is 0 Å². The van der Waals surface area contributed by atoms with Crippen LogP contribution >= 0.6 is 23.1 Å². The van der Waals surface area contributed by atoms with E-state index in [0.29, 0.717) is 6.04 Å². The van der Waals surface area contributed by atoms with Crippen LogP contribution in [0.5, 0.6) is 0 Å². The molecule has 3 aromatic rings. The first-order chi connectivity index (χ1) is 13.2. The second-order valence-corrected chi connectivity index (χ2v) is 9.87. The first-order valence-electron chi connectivity index (χ1n) is 9.78. The molecule has 2 fully saturated rings. The summed E-state index contributed by atoms with van der Waals surface area (Å²) in [5, 5.41) is 12.4. The van der Waals surface area contributed by atoms with E-state index in [1.165, 1.54) is 30.6 Å². The van der Waals surface area contributed by atoms with Crippen molar-refractivity contribution in [1.82, 2.24) is 24.3 Å². The van der Waals surface area contributed by atoms with E-state index >= 15 is 0 Å². The molecule has 0 spiro atoms. The van der Waals surface area contributed by atoms with Crippen LogP contribution < -0.4 is 0 Å². The van der Waals surface area contributed by atoms with Gasteiger partial charge in [0.15, 0.2) is 11.0 Å². The lowest BCUT2D eigenvalue weighted by molar-refractivity contribution is 0.235. The molecule has 0 aliphatic heterocycles. The number of hydrogen-bond acceptors (Lipinski definition) is 5. The molecule has 2 aliphatic carbocycles. The Bertz CT molecular complexity index is 913. The van der Waals surface area contributed by atoms with Crippen molar-refractivity contribution in [1.29, 1.82) is 0 Å². The summed E-state index contributed by atoms with van der Waals surface area (Å²) in [6.07, 6.45) is 9.50. The van der Waals surface area contributed by atoms with Crippen LogP contribution in [0.4, 0.5) is 0 Å². The molecule has 5 nitrogen and oxygen atoms in total. The molecule has 0 radical (unpaired) electrons. The monoisotopic (exact) mass is 399 g/mol. The minimum absolute atomic E-state index is 0.441. The van der Waals surface area contributed by atoms with E-state index in [0.717, 1.165) is 40.3 Å². The van der Waals surface area contributed by atoms with Gasteiger partial charge in [-0.3, -0.25) is 4.57 Å². The van der Waals surface area contributed by atoms with E-state index in [-0.39, 0.29) is 0 Å². The Morgan fingerprint density at radius 2 is 2.22 bits per heavy atom. The molecule has 2 aliphatic rings. The fourth-order valence-electron chi connectivity index (χ4n) is 5.06. The lowest BCUT2D eigenvalue weighted by atomic mass is 9.84. The van der Waals surface area contributed by atoms with E-state index in [9.17, 15) is 0 Å². The normalized spacial score (nSPS) is 25.3. The quantitative estimate of drug-likeness (QED) is 0.546. The Morgan fingerprint density at radius 3 is 2.89 bits per heavy atom. The Morgan fingerprint density at radius 1 is 1.30 bits per heavy atom. The standard InChI is InChI=1S/C20H25N5S2/c1-13(16-11-14-5-6-15(16)10-14)25-19(17-4-3-9-26-17)22-23-20(25)27-12-18-21-7-8-24(18)2/h3-4,7-9,13-16H,5-6,10-12H2,1-2H3. The van der Waals surface area contributed by atoms with E-state index < -0.39 is 0 Å². The molecule has 3 aromatic heterocycles. The van der Waals surface area contributed by atoms with Gasteiger partial charge in [-0.05, 0) is 55.4 Å². The number of thioether (sulfide) groups is 1. The highest BCUT2D eigenvalue weighted by Crippen LogP contribution is 2.53. The fourth-order valence-corrected chi connectivity index (χ4v) is 6.79. The molecular weight excluding hydrogens is 374 g/mol. The Kier molecular flexibility index (Phi) is 4.60. The van der Waals surface area contributed by atoms with Crippen LogP contribution in [0.15, 0.2) is 35.1 Å². The van der Waals surface area contributed by atoms with E-state index in [2.05, 4.69) is 48.8 Å². The molecule has 0 N–H and O–H groups in total. The zero-order valence-corrected chi connectivity index (χ0v) is 17.4. The summed E-state index contributed by atoms with van der Waals surface area (Å²) in [5.41, 5.74) is 0. The molecule has 0 aromatic carbocycles. The maximum Gasteiger partial charge on any atom is 0.192 e. The molecule has 5 rings (SSSR count). The van der Waals surface area contributed by atoms with Gasteiger partial charge in [-0.1, -0.05) is 24.2 Å². The number of fused-ring (bicyclic) bond motifs is 2. The van der Waals surface area contributed by atoms with E-state index in [1.54, 1.807) is 23.1 Å². The van der Waals surface area contributed by atoms with Crippen molar-refractivity contribution in [2.75, 3.05) is 0 Å². The molecule has 4 unspecified atom stereocenters. The zero-order valence-electron chi connectivity index (χ0n) is 15.8. The van der Waals surface area contributed by atoms with Crippen molar-refractivity contribution in [3.63, 3.8) is 0 Å². The topological polar surface area (TPSA) is 48.5 Å². The average Bonchev–Trinajstić information content (AvgIpc) is 3.48. The number of rotatable bonds is 6. The van der Waals surface area contributed by atoms with Crippen molar-refractivity contribution in [3.05, 3.63) is 35.7 Å². The molecule has 3 heterocycles. The third-order valence-electron chi connectivity index (χ3n) is 6.48. The summed E-state index contributed by atoms with van der Waals surface area (Å²) < 4.78 is 4.50. The molecule has 0 amide bonds. The third-order valence-corrected chi connectivity index (χ3v) is 8.28. The van der Waals surface area contributed by atoms with Crippen LogP contribution in [0.25, 0.3) is 10.7 Å². The number of imidazole rings is 1. The number of aromatic nitrogens is 5. The second kappa shape index (κ2) is 7.09. The summed E-state index contributed by atoms with van der Waals surface area (Å²) in [6, 6.07) is 4.70. The van der Waals surface area contributed by atoms with Gasteiger partial charge in [0, 0.05) is 25.5 Å². The van der Waals surface area contributed by atoms with Gasteiger partial charge < -0.3 is 4.57 Å². The maximum absolute atomic E-state index is 4.61. The van der Waals surface area contributed by atoms with Crippen molar-refractivity contribution in [3.8, 4) is 10.7 Å². The van der Waals surface area contributed by atoms with Gasteiger partial charge >= 0.3 is 0 Å². The van der Waals surface area contributed by atoms with Crippen LogP contribution in [0, 0.1) is 17.8 Å². The molecule has 142 valence electrons. The van der Waals surface area contributed by atoms with Gasteiger partial charge in [-0.25, -0.2) is 4.98 Å². The Balaban J connectivity index is 1.46. The molecule has 2 bridgehead atoms. The smallest absolute Gasteiger partial charge is 0.192 e. The highest BCUT2D eigenvalue weighted by Gasteiger charge is 2.43. The summed E-state index contributed by atoms with van der Waals surface area (Å²) in [4.78, 5) is 5.67. The van der Waals surface area contributed by atoms with Gasteiger partial charge in [0.1, 0.15) is 5.82 Å². The SMILES string of the molecule is CC(C1CC2CCC1C2)n1c(SCc2nccn2C)nnc1-c1cccs1. The zero-order chi connectivity index (χ0) is 18.4. The van der Waals surface area contributed by atoms with Crippen LogP contribution in [-0.4, -0.2) is 24.3 Å². The summed E-state index contributed by atoms with van der Waals surface area (Å²) in [7, 11) is 2.04. The van der Waals surface area contributed by atoms with Crippen molar-refractivity contribution < 1.29 is 0 Å². The van der Waals surface area contributed by atoms with Gasteiger partial charge in [0.2, 0.25) is 0 Å². The number of aryl methyl sites for hydroxylation is 1. The summed E-state index contributed by atoms with van der Waals surface area (Å²) in [6.45, 7) is 2.39. The first-order valence-corrected chi connectivity index (χ1v) is 11.6. The number of thiophene rings is 1. The van der Waals surface area contributed by atoms with Crippen molar-refractivity contribution >= 4 is 23.1 Å². The number of hydrogen-bond donors (Lipinski definition) is 0. The van der Waals surface area contributed by atoms with Crippen LogP contribution in [-0.2, 0) is 12.8 Å². The lowest BCUT2D eigenvalue weighted by Crippen LogP contribution is -2.23. The largest absolute Gasteiger partial charge is 0.337 e. The van der Waals surface area contributed by atoms with E-state index in [4.69, 9.17) is 0 Å². The third kappa shape index (κ3) is 3.14. The average molecular weight is 400 g/mol.